The number of ether oxygens (including phenoxy) is 1. The van der Waals surface area contributed by atoms with Gasteiger partial charge in [-0.05, 0) is 56.4 Å². The molecule has 1 aromatic carbocycles. The first kappa shape index (κ1) is 25.8. The molecule has 2 amide bonds. The molecule has 0 atom stereocenters. The summed E-state index contributed by atoms with van der Waals surface area (Å²) >= 11 is 0. The highest BCUT2D eigenvalue weighted by Gasteiger charge is 2.34. The number of amides is 2. The van der Waals surface area contributed by atoms with Gasteiger partial charge in [-0.25, -0.2) is 13.6 Å². The molecule has 1 N–H and O–H groups in total. The van der Waals surface area contributed by atoms with Crippen molar-refractivity contribution in [2.24, 2.45) is 7.05 Å². The molecular formula is C28H35F2N7O2. The van der Waals surface area contributed by atoms with Crippen molar-refractivity contribution in [1.82, 2.24) is 29.8 Å². The van der Waals surface area contributed by atoms with E-state index < -0.39 is 6.43 Å². The van der Waals surface area contributed by atoms with E-state index in [1.807, 2.05) is 26.1 Å². The molecule has 2 aromatic heterocycles. The quantitative estimate of drug-likeness (QED) is 0.522. The van der Waals surface area contributed by atoms with Crippen molar-refractivity contribution in [3.8, 4) is 11.3 Å². The van der Waals surface area contributed by atoms with Crippen LogP contribution in [-0.2, 0) is 31.2 Å². The van der Waals surface area contributed by atoms with Crippen molar-refractivity contribution >= 4 is 17.5 Å². The van der Waals surface area contributed by atoms with Crippen LogP contribution in [-0.4, -0.2) is 63.8 Å². The zero-order valence-corrected chi connectivity index (χ0v) is 22.7. The number of alkyl halides is 2. The third-order valence-electron chi connectivity index (χ3n) is 8.35. The Balaban J connectivity index is 1.46. The van der Waals surface area contributed by atoms with Gasteiger partial charge in [-0.2, -0.15) is 10.2 Å². The van der Waals surface area contributed by atoms with Gasteiger partial charge in [0.05, 0.1) is 18.3 Å². The zero-order valence-electron chi connectivity index (χ0n) is 22.7. The predicted molar refractivity (Wildman–Crippen MR) is 144 cm³/mol. The molecule has 6 rings (SSSR count). The number of fused-ring (bicyclic) bond motifs is 2. The lowest BCUT2D eigenvalue weighted by Gasteiger charge is -2.33. The molecule has 0 saturated carbocycles. The molecule has 0 unspecified atom stereocenters. The van der Waals surface area contributed by atoms with E-state index in [2.05, 4.69) is 20.0 Å². The van der Waals surface area contributed by atoms with E-state index in [1.165, 1.54) is 0 Å². The minimum absolute atomic E-state index is 0.0246. The molecule has 0 aliphatic carbocycles. The second-order valence-electron chi connectivity index (χ2n) is 10.7. The normalized spacial score (nSPS) is 17.9. The number of nitrogens with zero attached hydrogens (tertiary/aromatic N) is 6. The van der Waals surface area contributed by atoms with Gasteiger partial charge >= 0.3 is 6.03 Å². The lowest BCUT2D eigenvalue weighted by Crippen LogP contribution is -2.42. The van der Waals surface area contributed by atoms with Gasteiger partial charge in [0.25, 0.3) is 6.43 Å². The number of benzene rings is 1. The molecule has 5 heterocycles. The van der Waals surface area contributed by atoms with Gasteiger partial charge in [-0.3, -0.25) is 9.36 Å². The van der Waals surface area contributed by atoms with Crippen LogP contribution in [0.4, 0.5) is 25.1 Å². The van der Waals surface area contributed by atoms with Gasteiger partial charge in [0.15, 0.2) is 5.82 Å². The first-order chi connectivity index (χ1) is 18.9. The summed E-state index contributed by atoms with van der Waals surface area (Å²) in [6.07, 6.45) is 1.49. The lowest BCUT2D eigenvalue weighted by molar-refractivity contribution is 0.0651. The maximum Gasteiger partial charge on any atom is 0.317 e. The van der Waals surface area contributed by atoms with Crippen LogP contribution in [0.25, 0.3) is 11.3 Å². The largest absolute Gasteiger partial charge is 0.381 e. The number of carbonyl (C=O) groups is 1. The Morgan fingerprint density at radius 1 is 1.13 bits per heavy atom. The maximum absolute atomic E-state index is 14.5. The summed E-state index contributed by atoms with van der Waals surface area (Å²) in [7, 11) is 3.46. The summed E-state index contributed by atoms with van der Waals surface area (Å²) in [6.45, 7) is 5.03. The summed E-state index contributed by atoms with van der Waals surface area (Å²) in [5.74, 6) is 0.771. The van der Waals surface area contributed by atoms with Gasteiger partial charge in [0.2, 0.25) is 0 Å². The van der Waals surface area contributed by atoms with Crippen molar-refractivity contribution in [3.05, 3.63) is 46.3 Å². The topological polar surface area (TPSA) is 80.5 Å². The van der Waals surface area contributed by atoms with Crippen LogP contribution in [0.3, 0.4) is 0 Å². The monoisotopic (exact) mass is 539 g/mol. The average molecular weight is 540 g/mol. The molecular weight excluding hydrogens is 504 g/mol. The van der Waals surface area contributed by atoms with E-state index in [9.17, 15) is 13.6 Å². The van der Waals surface area contributed by atoms with Crippen LogP contribution >= 0.6 is 0 Å². The number of rotatable bonds is 4. The van der Waals surface area contributed by atoms with Crippen molar-refractivity contribution in [1.29, 1.82) is 0 Å². The lowest BCUT2D eigenvalue weighted by atomic mass is 9.93. The number of hydrogen-bond acceptors (Lipinski definition) is 5. The second-order valence-corrected chi connectivity index (χ2v) is 10.7. The molecule has 1 saturated heterocycles. The van der Waals surface area contributed by atoms with Crippen LogP contribution < -0.4 is 10.2 Å². The summed E-state index contributed by atoms with van der Waals surface area (Å²) in [4.78, 5) is 16.4. The first-order valence-corrected chi connectivity index (χ1v) is 13.7. The first-order valence-electron chi connectivity index (χ1n) is 13.7. The third kappa shape index (κ3) is 4.56. The van der Waals surface area contributed by atoms with Crippen LogP contribution in [0, 0.1) is 6.92 Å². The predicted octanol–water partition coefficient (Wildman–Crippen LogP) is 4.66. The fourth-order valence-electron chi connectivity index (χ4n) is 6.17. The SMILES string of the molecule is CNC(=O)N1CCc2c(c(N3CCCc4cc(-c5cc(C)n(C)n5)c(C(F)F)cc43)nn2C2CCOCC2)C1. The Bertz CT molecular complexity index is 1370. The highest BCUT2D eigenvalue weighted by Crippen LogP contribution is 2.43. The fourth-order valence-corrected chi connectivity index (χ4v) is 6.17. The molecule has 39 heavy (non-hydrogen) atoms. The summed E-state index contributed by atoms with van der Waals surface area (Å²) < 4.78 is 38.4. The van der Waals surface area contributed by atoms with Crippen molar-refractivity contribution in [3.63, 3.8) is 0 Å². The molecule has 0 radical (unpaired) electrons. The minimum atomic E-state index is -2.64. The molecule has 0 spiro atoms. The second kappa shape index (κ2) is 10.3. The van der Waals surface area contributed by atoms with Gasteiger partial charge in [0, 0.05) is 80.6 Å². The Kier molecular flexibility index (Phi) is 6.78. The van der Waals surface area contributed by atoms with Crippen LogP contribution in [0.15, 0.2) is 18.2 Å². The number of hydrogen-bond donors (Lipinski definition) is 1. The number of halogens is 2. The fraction of sp³-hybridized carbons (Fsp3) is 0.536. The minimum Gasteiger partial charge on any atom is -0.381 e. The number of urea groups is 1. The van der Waals surface area contributed by atoms with E-state index in [1.54, 1.807) is 22.7 Å². The molecule has 9 nitrogen and oxygen atoms in total. The Morgan fingerprint density at radius 2 is 1.92 bits per heavy atom. The number of aromatic nitrogens is 4. The van der Waals surface area contributed by atoms with E-state index in [-0.39, 0.29) is 17.6 Å². The molecule has 3 aliphatic rings. The molecule has 11 heteroatoms. The summed E-state index contributed by atoms with van der Waals surface area (Å²) in [5.41, 5.74) is 5.86. The molecule has 3 aromatic rings. The van der Waals surface area contributed by atoms with Crippen LogP contribution in [0.5, 0.6) is 0 Å². The number of nitrogens with one attached hydrogen (secondary N) is 1. The highest BCUT2D eigenvalue weighted by molar-refractivity contribution is 5.77. The van der Waals surface area contributed by atoms with Gasteiger partial charge in [-0.1, -0.05) is 0 Å². The van der Waals surface area contributed by atoms with Crippen LogP contribution in [0.1, 0.15) is 59.8 Å². The molecule has 3 aliphatic heterocycles. The van der Waals surface area contributed by atoms with E-state index in [4.69, 9.17) is 9.84 Å². The van der Waals surface area contributed by atoms with Crippen molar-refractivity contribution in [2.75, 3.05) is 38.3 Å². The van der Waals surface area contributed by atoms with Crippen molar-refractivity contribution < 1.29 is 18.3 Å². The average Bonchev–Trinajstić information content (AvgIpc) is 3.50. The van der Waals surface area contributed by atoms with Gasteiger partial charge in [-0.15, -0.1) is 0 Å². The molecule has 208 valence electrons. The van der Waals surface area contributed by atoms with E-state index in [0.29, 0.717) is 50.5 Å². The zero-order chi connectivity index (χ0) is 27.3. The van der Waals surface area contributed by atoms with Crippen LogP contribution in [0.2, 0.25) is 0 Å². The van der Waals surface area contributed by atoms with E-state index >= 15 is 0 Å². The molecule has 1 fully saturated rings. The van der Waals surface area contributed by atoms with Gasteiger partial charge in [0.1, 0.15) is 0 Å². The number of carbonyl (C=O) groups excluding carboxylic acids is 1. The smallest absolute Gasteiger partial charge is 0.317 e. The van der Waals surface area contributed by atoms with Crippen molar-refractivity contribution in [2.45, 2.75) is 58.0 Å². The standard InChI is InChI=1S/C28H35F2N7O2/c1-17-13-23(32-34(17)3)20-14-18-5-4-9-36(25(18)15-21(20)26(29)30)27-22-16-35(28(38)31-2)10-6-24(22)37(33-27)19-7-11-39-12-8-19/h13-15,19,26H,4-12,16H2,1-3H3,(H,31,38). The summed E-state index contributed by atoms with van der Waals surface area (Å²) in [5, 5.41) is 12.4. The Hall–Kier alpha value is -3.47. The number of aryl methyl sites for hydroxylation is 3. The summed E-state index contributed by atoms with van der Waals surface area (Å²) in [6, 6.07) is 5.48. The Morgan fingerprint density at radius 3 is 2.62 bits per heavy atom. The molecule has 0 bridgehead atoms. The number of anilines is 2. The highest BCUT2D eigenvalue weighted by atomic mass is 19.3. The van der Waals surface area contributed by atoms with E-state index in [0.717, 1.165) is 59.7 Å². The third-order valence-corrected chi connectivity index (χ3v) is 8.35. The van der Waals surface area contributed by atoms with Gasteiger partial charge < -0.3 is 19.9 Å². The maximum atomic E-state index is 14.5. The Labute approximate surface area is 226 Å².